The van der Waals surface area contributed by atoms with Crippen LogP contribution < -0.4 is 5.76 Å². The van der Waals surface area contributed by atoms with Crippen LogP contribution in [0.1, 0.15) is 11.1 Å². The zero-order chi connectivity index (χ0) is 12.5. The lowest BCUT2D eigenvalue weighted by molar-refractivity contribution is 0.555. The number of halogens is 1. The molecule has 0 saturated carbocycles. The van der Waals surface area contributed by atoms with Crippen molar-refractivity contribution in [3.05, 3.63) is 70.0 Å². The van der Waals surface area contributed by atoms with Gasteiger partial charge < -0.3 is 4.42 Å². The molecule has 0 spiro atoms. The molecule has 90 valence electrons. The molecule has 0 atom stereocenters. The van der Waals surface area contributed by atoms with E-state index in [0.29, 0.717) is 23.1 Å². The molecule has 0 unspecified atom stereocenters. The number of aromatic amines is 1. The van der Waals surface area contributed by atoms with Gasteiger partial charge in [0.1, 0.15) is 5.82 Å². The first-order chi connectivity index (χ1) is 8.72. The molecule has 0 radical (unpaired) electrons. The third-order valence-corrected chi connectivity index (χ3v) is 2.84. The molecule has 0 saturated heterocycles. The van der Waals surface area contributed by atoms with E-state index in [1.807, 2.05) is 6.07 Å². The molecule has 0 aliphatic carbocycles. The lowest BCUT2D eigenvalue weighted by Gasteiger charge is -2.02. The van der Waals surface area contributed by atoms with Gasteiger partial charge in [0.05, 0.1) is 5.52 Å². The second kappa shape index (κ2) is 4.14. The zero-order valence-corrected chi connectivity index (χ0v) is 9.44. The van der Waals surface area contributed by atoms with Gasteiger partial charge in [-0.05, 0) is 29.3 Å². The van der Waals surface area contributed by atoms with Gasteiger partial charge in [-0.25, -0.2) is 9.18 Å². The van der Waals surface area contributed by atoms with Crippen LogP contribution >= 0.6 is 0 Å². The van der Waals surface area contributed by atoms with E-state index in [1.165, 1.54) is 6.07 Å². The van der Waals surface area contributed by atoms with E-state index >= 15 is 0 Å². The van der Waals surface area contributed by atoms with E-state index < -0.39 is 5.76 Å². The summed E-state index contributed by atoms with van der Waals surface area (Å²) in [4.78, 5) is 13.6. The molecule has 2 aromatic carbocycles. The average molecular weight is 243 g/mol. The van der Waals surface area contributed by atoms with Crippen molar-refractivity contribution < 1.29 is 8.81 Å². The topological polar surface area (TPSA) is 46.0 Å². The van der Waals surface area contributed by atoms with Crippen molar-refractivity contribution in [3.8, 4) is 0 Å². The Kier molecular flexibility index (Phi) is 2.48. The zero-order valence-electron chi connectivity index (χ0n) is 9.44. The summed E-state index contributed by atoms with van der Waals surface area (Å²) in [7, 11) is 0. The molecule has 3 aromatic rings. The van der Waals surface area contributed by atoms with Crippen LogP contribution in [0.15, 0.2) is 51.7 Å². The lowest BCUT2D eigenvalue weighted by Crippen LogP contribution is -1.92. The van der Waals surface area contributed by atoms with Gasteiger partial charge in [0.25, 0.3) is 0 Å². The second-order valence-electron chi connectivity index (χ2n) is 4.11. The number of aromatic nitrogens is 1. The molecule has 0 amide bonds. The number of fused-ring (bicyclic) bond motifs is 1. The van der Waals surface area contributed by atoms with Crippen LogP contribution in [0.2, 0.25) is 0 Å². The van der Waals surface area contributed by atoms with Gasteiger partial charge in [0, 0.05) is 6.42 Å². The number of oxazole rings is 1. The molecule has 1 aromatic heterocycles. The Bertz CT molecular complexity index is 758. The van der Waals surface area contributed by atoms with Gasteiger partial charge in [-0.15, -0.1) is 0 Å². The maximum atomic E-state index is 13.5. The van der Waals surface area contributed by atoms with E-state index in [2.05, 4.69) is 4.98 Å². The Hall–Kier alpha value is -2.36. The lowest BCUT2D eigenvalue weighted by atomic mass is 10.0. The predicted octanol–water partition coefficient (Wildman–Crippen LogP) is 2.85. The van der Waals surface area contributed by atoms with Gasteiger partial charge in [-0.1, -0.05) is 24.3 Å². The van der Waals surface area contributed by atoms with Crippen molar-refractivity contribution in [3.63, 3.8) is 0 Å². The third-order valence-electron chi connectivity index (χ3n) is 2.84. The fraction of sp³-hybridized carbons (Fsp3) is 0.0714. The van der Waals surface area contributed by atoms with E-state index in [4.69, 9.17) is 4.42 Å². The Balaban J connectivity index is 2.00. The van der Waals surface area contributed by atoms with Gasteiger partial charge >= 0.3 is 5.76 Å². The number of nitrogens with one attached hydrogen (secondary N) is 1. The Morgan fingerprint density at radius 2 is 2.00 bits per heavy atom. The molecule has 0 bridgehead atoms. The molecule has 18 heavy (non-hydrogen) atoms. The molecule has 1 N–H and O–H groups in total. The summed E-state index contributed by atoms with van der Waals surface area (Å²) < 4.78 is 18.5. The summed E-state index contributed by atoms with van der Waals surface area (Å²) in [6.45, 7) is 0. The maximum absolute atomic E-state index is 13.5. The minimum Gasteiger partial charge on any atom is -0.408 e. The first kappa shape index (κ1) is 10.8. The van der Waals surface area contributed by atoms with Crippen LogP contribution in [-0.4, -0.2) is 4.98 Å². The van der Waals surface area contributed by atoms with E-state index in [9.17, 15) is 9.18 Å². The molecule has 1 heterocycles. The van der Waals surface area contributed by atoms with Crippen LogP contribution in [0.3, 0.4) is 0 Å². The molecule has 0 fully saturated rings. The van der Waals surface area contributed by atoms with E-state index in [-0.39, 0.29) is 5.82 Å². The van der Waals surface area contributed by atoms with Crippen LogP contribution in [0.25, 0.3) is 11.1 Å². The fourth-order valence-electron chi connectivity index (χ4n) is 1.96. The number of hydrogen-bond donors (Lipinski definition) is 1. The summed E-state index contributed by atoms with van der Waals surface area (Å²) in [5, 5.41) is 0. The number of H-pyrrole nitrogens is 1. The molecule has 3 rings (SSSR count). The Morgan fingerprint density at radius 1 is 1.17 bits per heavy atom. The van der Waals surface area contributed by atoms with Gasteiger partial charge in [-0.2, -0.15) is 0 Å². The van der Waals surface area contributed by atoms with E-state index in [1.54, 1.807) is 30.3 Å². The quantitative estimate of drug-likeness (QED) is 0.752. The summed E-state index contributed by atoms with van der Waals surface area (Å²) in [6, 6.07) is 12.0. The van der Waals surface area contributed by atoms with Gasteiger partial charge in [-0.3, -0.25) is 4.98 Å². The number of hydrogen-bond acceptors (Lipinski definition) is 2. The minimum atomic E-state index is -0.479. The predicted molar refractivity (Wildman–Crippen MR) is 66.0 cm³/mol. The molecule has 3 nitrogen and oxygen atoms in total. The van der Waals surface area contributed by atoms with Crippen molar-refractivity contribution >= 4 is 11.1 Å². The third kappa shape index (κ3) is 1.93. The van der Waals surface area contributed by atoms with Crippen molar-refractivity contribution in [2.24, 2.45) is 0 Å². The Labute approximate surface area is 102 Å². The summed E-state index contributed by atoms with van der Waals surface area (Å²) in [6.07, 6.45) is 0.470. The van der Waals surface area contributed by atoms with Gasteiger partial charge in [0.2, 0.25) is 0 Å². The highest BCUT2D eigenvalue weighted by Crippen LogP contribution is 2.17. The second-order valence-corrected chi connectivity index (χ2v) is 4.11. The summed E-state index contributed by atoms with van der Waals surface area (Å²) in [5.74, 6) is -0.707. The van der Waals surface area contributed by atoms with Crippen molar-refractivity contribution in [1.82, 2.24) is 4.98 Å². The maximum Gasteiger partial charge on any atom is 0.417 e. The fourth-order valence-corrected chi connectivity index (χ4v) is 1.96. The van der Waals surface area contributed by atoms with Crippen molar-refractivity contribution in [1.29, 1.82) is 0 Å². The van der Waals surface area contributed by atoms with Crippen molar-refractivity contribution in [2.45, 2.75) is 6.42 Å². The molecular formula is C14H10FNO2. The van der Waals surface area contributed by atoms with Crippen LogP contribution in [0, 0.1) is 5.82 Å². The van der Waals surface area contributed by atoms with Crippen molar-refractivity contribution in [2.75, 3.05) is 0 Å². The summed E-state index contributed by atoms with van der Waals surface area (Å²) in [5.41, 5.74) is 2.66. The monoisotopic (exact) mass is 243 g/mol. The SMILES string of the molecule is O=c1[nH]c2ccc(Cc3ccccc3F)cc2o1. The highest BCUT2D eigenvalue weighted by Gasteiger charge is 2.05. The molecular weight excluding hydrogens is 233 g/mol. The van der Waals surface area contributed by atoms with Crippen LogP contribution in [0.5, 0.6) is 0 Å². The normalized spacial score (nSPS) is 10.9. The van der Waals surface area contributed by atoms with Gasteiger partial charge in [0.15, 0.2) is 5.58 Å². The first-order valence-electron chi connectivity index (χ1n) is 5.57. The number of rotatable bonds is 2. The largest absolute Gasteiger partial charge is 0.417 e. The average Bonchev–Trinajstić information content (AvgIpc) is 2.71. The van der Waals surface area contributed by atoms with Crippen LogP contribution in [-0.2, 0) is 6.42 Å². The highest BCUT2D eigenvalue weighted by atomic mass is 19.1. The first-order valence-corrected chi connectivity index (χ1v) is 5.57. The van der Waals surface area contributed by atoms with E-state index in [0.717, 1.165) is 5.56 Å². The molecule has 4 heteroatoms. The smallest absolute Gasteiger partial charge is 0.408 e. The minimum absolute atomic E-state index is 0.229. The standard InChI is InChI=1S/C14H10FNO2/c15-11-4-2-1-3-10(11)7-9-5-6-12-13(8-9)18-14(17)16-12/h1-6,8H,7H2,(H,16,17). The Morgan fingerprint density at radius 3 is 2.83 bits per heavy atom. The molecule has 0 aliphatic rings. The molecule has 0 aliphatic heterocycles. The number of benzene rings is 2. The highest BCUT2D eigenvalue weighted by molar-refractivity contribution is 5.72. The summed E-state index contributed by atoms with van der Waals surface area (Å²) >= 11 is 0. The van der Waals surface area contributed by atoms with Crippen LogP contribution in [0.4, 0.5) is 4.39 Å².